The summed E-state index contributed by atoms with van der Waals surface area (Å²) in [6.45, 7) is 11.6. The van der Waals surface area contributed by atoms with Crippen LogP contribution in [-0.2, 0) is 4.12 Å². The average Bonchev–Trinajstić information content (AvgIpc) is 2.19. The van der Waals surface area contributed by atoms with E-state index in [-0.39, 0.29) is 0 Å². The number of hydrogen-bond acceptors (Lipinski definition) is 1. The van der Waals surface area contributed by atoms with Crippen LogP contribution in [0.3, 0.4) is 0 Å². The van der Waals surface area contributed by atoms with Crippen molar-refractivity contribution in [1.82, 2.24) is 0 Å². The maximum atomic E-state index is 6.18. The molecule has 0 spiro atoms. The van der Waals surface area contributed by atoms with Crippen LogP contribution in [0.2, 0.25) is 32.2 Å². The van der Waals surface area contributed by atoms with E-state index >= 15 is 0 Å². The summed E-state index contributed by atoms with van der Waals surface area (Å²) >= 11 is 0. The molecule has 104 valence electrons. The zero-order chi connectivity index (χ0) is 13.1. The summed E-state index contributed by atoms with van der Waals surface area (Å²) in [7, 11) is -2.08. The van der Waals surface area contributed by atoms with Gasteiger partial charge in [0.05, 0.1) is 0 Å². The van der Waals surface area contributed by atoms with Gasteiger partial charge in [-0.1, -0.05) is 58.3 Å². The molecule has 0 fully saturated rings. The molecule has 0 saturated heterocycles. The lowest BCUT2D eigenvalue weighted by Crippen LogP contribution is -2.32. The van der Waals surface area contributed by atoms with E-state index in [1.165, 1.54) is 57.4 Å². The molecule has 0 heterocycles. The lowest BCUT2D eigenvalue weighted by molar-refractivity contribution is 0.554. The summed E-state index contributed by atoms with van der Waals surface area (Å²) in [5, 5.41) is 0. The van der Waals surface area contributed by atoms with Gasteiger partial charge in [0.25, 0.3) is 0 Å². The zero-order valence-corrected chi connectivity index (χ0v) is 15.0. The molecule has 0 rings (SSSR count). The van der Waals surface area contributed by atoms with Crippen LogP contribution in [0.4, 0.5) is 0 Å². The van der Waals surface area contributed by atoms with Crippen LogP contribution >= 0.6 is 0 Å². The molecule has 0 aromatic heterocycles. The molecule has 0 radical (unpaired) electrons. The van der Waals surface area contributed by atoms with E-state index < -0.39 is 17.4 Å². The summed E-state index contributed by atoms with van der Waals surface area (Å²) in [6, 6.07) is 1.39. The highest BCUT2D eigenvalue weighted by Crippen LogP contribution is 2.13. The fraction of sp³-hybridized carbons (Fsp3) is 1.00. The van der Waals surface area contributed by atoms with Gasteiger partial charge in [-0.15, -0.1) is 0 Å². The average molecular weight is 275 g/mol. The number of hydrogen-bond donors (Lipinski definition) is 0. The summed E-state index contributed by atoms with van der Waals surface area (Å²) in [5.74, 6) is 0. The maximum Gasteiger partial charge on any atom is 0.170 e. The maximum absolute atomic E-state index is 6.18. The molecule has 0 aromatic carbocycles. The fourth-order valence-electron chi connectivity index (χ4n) is 2.23. The van der Waals surface area contributed by atoms with Gasteiger partial charge in [-0.05, 0) is 32.2 Å². The van der Waals surface area contributed by atoms with Gasteiger partial charge >= 0.3 is 0 Å². The molecule has 0 N–H and O–H groups in total. The molecule has 17 heavy (non-hydrogen) atoms. The Hall–Kier alpha value is 0.394. The summed E-state index contributed by atoms with van der Waals surface area (Å²) < 4.78 is 6.18. The summed E-state index contributed by atoms with van der Waals surface area (Å²) in [5.41, 5.74) is 0. The standard InChI is InChI=1S/C14H34OSi2/c1-6-7-8-9-10-11-12-13-14-16(2)15-17(3,4)5/h16H,6-14H2,1-5H3. The zero-order valence-electron chi connectivity index (χ0n) is 12.8. The molecule has 3 heteroatoms. The normalized spacial score (nSPS) is 13.9. The third-order valence-electron chi connectivity index (χ3n) is 3.02. The highest BCUT2D eigenvalue weighted by molar-refractivity contribution is 6.77. The summed E-state index contributed by atoms with van der Waals surface area (Å²) in [4.78, 5) is 0. The van der Waals surface area contributed by atoms with E-state index in [4.69, 9.17) is 4.12 Å². The Labute approximate surface area is 112 Å². The van der Waals surface area contributed by atoms with Gasteiger partial charge in [0, 0.05) is 0 Å². The van der Waals surface area contributed by atoms with Gasteiger partial charge in [0.2, 0.25) is 0 Å². The highest BCUT2D eigenvalue weighted by atomic mass is 28.4. The monoisotopic (exact) mass is 274 g/mol. The molecule has 1 nitrogen and oxygen atoms in total. The second-order valence-corrected chi connectivity index (χ2v) is 13.7. The van der Waals surface area contributed by atoms with Gasteiger partial charge in [0.1, 0.15) is 0 Å². The van der Waals surface area contributed by atoms with Crippen LogP contribution in [0, 0.1) is 0 Å². The van der Waals surface area contributed by atoms with Crippen LogP contribution in [0.1, 0.15) is 58.3 Å². The molecule has 1 atom stereocenters. The van der Waals surface area contributed by atoms with Crippen molar-refractivity contribution in [1.29, 1.82) is 0 Å². The Morgan fingerprint density at radius 1 is 0.824 bits per heavy atom. The molecule has 0 saturated carbocycles. The molecule has 1 unspecified atom stereocenters. The lowest BCUT2D eigenvalue weighted by atomic mass is 10.1. The van der Waals surface area contributed by atoms with Crippen molar-refractivity contribution in [3.8, 4) is 0 Å². The largest absolute Gasteiger partial charge is 0.458 e. The Bertz CT molecular complexity index is 166. The minimum absolute atomic E-state index is 0.835. The third kappa shape index (κ3) is 14.3. The predicted octanol–water partition coefficient (Wildman–Crippen LogP) is 5.33. The van der Waals surface area contributed by atoms with Crippen molar-refractivity contribution in [2.45, 2.75) is 90.5 Å². The molecular formula is C14H34OSi2. The van der Waals surface area contributed by atoms with Crippen LogP contribution in [0.15, 0.2) is 0 Å². The van der Waals surface area contributed by atoms with Crippen LogP contribution in [0.25, 0.3) is 0 Å². The second kappa shape index (κ2) is 10.3. The highest BCUT2D eigenvalue weighted by Gasteiger charge is 2.18. The molecular weight excluding hydrogens is 240 g/mol. The van der Waals surface area contributed by atoms with Gasteiger partial charge in [-0.25, -0.2) is 0 Å². The first-order valence-electron chi connectivity index (χ1n) is 7.63. The quantitative estimate of drug-likeness (QED) is 0.365. The Kier molecular flexibility index (Phi) is 10.6. The van der Waals surface area contributed by atoms with Gasteiger partial charge in [0.15, 0.2) is 17.4 Å². The number of rotatable bonds is 11. The molecule has 0 amide bonds. The third-order valence-corrected chi connectivity index (χ3v) is 8.68. The number of unbranched alkanes of at least 4 members (excludes halogenated alkanes) is 7. The SMILES string of the molecule is CCCCCCCCCC[SiH](C)O[Si](C)(C)C. The first-order chi connectivity index (χ1) is 7.95. The minimum atomic E-state index is -1.25. The Morgan fingerprint density at radius 3 is 1.76 bits per heavy atom. The van der Waals surface area contributed by atoms with Crippen LogP contribution < -0.4 is 0 Å². The molecule has 0 aliphatic rings. The molecule has 0 bridgehead atoms. The van der Waals surface area contributed by atoms with E-state index in [1.54, 1.807) is 0 Å². The van der Waals surface area contributed by atoms with E-state index in [2.05, 4.69) is 33.1 Å². The summed E-state index contributed by atoms with van der Waals surface area (Å²) in [6.07, 6.45) is 11.4. The van der Waals surface area contributed by atoms with Gasteiger partial charge in [-0.2, -0.15) is 0 Å². The Balaban J connectivity index is 3.22. The predicted molar refractivity (Wildman–Crippen MR) is 84.9 cm³/mol. The van der Waals surface area contributed by atoms with Crippen molar-refractivity contribution >= 4 is 17.4 Å². The lowest BCUT2D eigenvalue weighted by Gasteiger charge is -2.22. The van der Waals surface area contributed by atoms with Gasteiger partial charge < -0.3 is 4.12 Å². The van der Waals surface area contributed by atoms with Crippen molar-refractivity contribution in [3.63, 3.8) is 0 Å². The molecule has 0 aromatic rings. The first-order valence-corrected chi connectivity index (χ1v) is 13.5. The van der Waals surface area contributed by atoms with Crippen LogP contribution in [-0.4, -0.2) is 17.4 Å². The van der Waals surface area contributed by atoms with E-state index in [1.807, 2.05) is 0 Å². The Morgan fingerprint density at radius 2 is 1.29 bits per heavy atom. The van der Waals surface area contributed by atoms with Crippen molar-refractivity contribution < 1.29 is 4.12 Å². The van der Waals surface area contributed by atoms with E-state index in [0.29, 0.717) is 0 Å². The molecule has 0 aliphatic heterocycles. The van der Waals surface area contributed by atoms with E-state index in [9.17, 15) is 0 Å². The van der Waals surface area contributed by atoms with E-state index in [0.717, 1.165) is 0 Å². The minimum Gasteiger partial charge on any atom is -0.458 e. The fourth-order valence-corrected chi connectivity index (χ4v) is 8.39. The second-order valence-electron chi connectivity index (χ2n) is 6.30. The molecule has 0 aliphatic carbocycles. The smallest absolute Gasteiger partial charge is 0.170 e. The topological polar surface area (TPSA) is 9.23 Å². The van der Waals surface area contributed by atoms with Gasteiger partial charge in [-0.3, -0.25) is 0 Å². The van der Waals surface area contributed by atoms with Crippen molar-refractivity contribution in [2.24, 2.45) is 0 Å². The van der Waals surface area contributed by atoms with Crippen LogP contribution in [0.5, 0.6) is 0 Å². The van der Waals surface area contributed by atoms with Crippen molar-refractivity contribution in [3.05, 3.63) is 0 Å². The first kappa shape index (κ1) is 17.4. The van der Waals surface area contributed by atoms with Crippen molar-refractivity contribution in [2.75, 3.05) is 0 Å².